The van der Waals surface area contributed by atoms with Gasteiger partial charge in [-0.15, -0.1) is 0 Å². The molecule has 1 aliphatic heterocycles. The van der Waals surface area contributed by atoms with Gasteiger partial charge in [0.15, 0.2) is 7.43 Å². The van der Waals surface area contributed by atoms with E-state index in [4.69, 9.17) is 10.4 Å². The quantitative estimate of drug-likeness (QED) is 0.426. The second-order valence-electron chi connectivity index (χ2n) is 1.57. The van der Waals surface area contributed by atoms with Crippen molar-refractivity contribution in [1.29, 1.82) is 0 Å². The van der Waals surface area contributed by atoms with Gasteiger partial charge in [-0.1, -0.05) is 0 Å². The zero-order valence-electron chi connectivity index (χ0n) is 4.48. The summed E-state index contributed by atoms with van der Waals surface area (Å²) in [5.74, 6) is 1.29. The summed E-state index contributed by atoms with van der Waals surface area (Å²) in [5.41, 5.74) is 5.12. The summed E-state index contributed by atoms with van der Waals surface area (Å²) in [6.45, 7) is 0. The Morgan fingerprint density at radius 3 is 2.89 bits per heavy atom. The monoisotopic (exact) mass is 147 g/mol. The van der Waals surface area contributed by atoms with Crippen molar-refractivity contribution in [2.45, 2.75) is 0 Å². The zero-order valence-corrected chi connectivity index (χ0v) is 5.38. The first-order valence-electron chi connectivity index (χ1n) is 2.22. The van der Waals surface area contributed by atoms with Gasteiger partial charge < -0.3 is 10.2 Å². The Bertz CT molecular complexity index is 215. The molecule has 0 saturated carbocycles. The highest BCUT2D eigenvalue weighted by atomic mass is 31.2. The molecule has 1 unspecified atom stereocenters. The maximum atomic E-state index is 10.3. The molecular weight excluding hydrogens is 141 g/mol. The first-order chi connectivity index (χ1) is 4.10. The minimum absolute atomic E-state index is 0.587. The van der Waals surface area contributed by atoms with Crippen LogP contribution in [-0.4, -0.2) is 10.9 Å². The fourth-order valence-electron chi connectivity index (χ4n) is 0.426. The summed E-state index contributed by atoms with van der Waals surface area (Å²) in [6.07, 6.45) is 1.29. The van der Waals surface area contributed by atoms with Crippen LogP contribution in [0.1, 0.15) is 0 Å². The smallest absolute Gasteiger partial charge is 0.345 e. The van der Waals surface area contributed by atoms with E-state index >= 15 is 0 Å². The van der Waals surface area contributed by atoms with E-state index in [1.807, 2.05) is 0 Å². The van der Waals surface area contributed by atoms with Crippen molar-refractivity contribution in [1.82, 2.24) is 5.32 Å². The molecule has 5 nitrogen and oxygen atoms in total. The Balaban J connectivity index is 2.97. The minimum atomic E-state index is -2.86. The Kier molecular flexibility index (Phi) is 1.40. The summed E-state index contributed by atoms with van der Waals surface area (Å²) in [6, 6.07) is -0.587. The second kappa shape index (κ2) is 1.95. The van der Waals surface area contributed by atoms with Crippen LogP contribution in [0, 0.1) is 0 Å². The van der Waals surface area contributed by atoms with E-state index in [-0.39, 0.29) is 0 Å². The Morgan fingerprint density at radius 1 is 1.89 bits per heavy atom. The Labute approximate surface area is 51.8 Å². The molecule has 1 atom stereocenters. The number of hydrogen-bond acceptors (Lipinski definition) is 2. The van der Waals surface area contributed by atoms with Gasteiger partial charge in [0.2, 0.25) is 0 Å². The van der Waals surface area contributed by atoms with E-state index in [1.54, 1.807) is 0 Å². The maximum Gasteiger partial charge on any atom is 0.347 e. The van der Waals surface area contributed by atoms with Crippen molar-refractivity contribution in [3.05, 3.63) is 12.0 Å². The molecule has 6 heteroatoms. The van der Waals surface area contributed by atoms with Crippen LogP contribution in [0.5, 0.6) is 0 Å². The summed E-state index contributed by atoms with van der Waals surface area (Å²) >= 11 is 0. The van der Waals surface area contributed by atoms with Crippen molar-refractivity contribution in [2.24, 2.45) is 10.2 Å². The van der Waals surface area contributed by atoms with Gasteiger partial charge in [-0.25, -0.2) is 4.79 Å². The standard InChI is InChI=1S/C3H6N3O2P/c4-9(8)2-1-5-3(7)6-9/h1-2,8H,4H2,(H,5,7). The molecule has 0 aromatic heterocycles. The molecule has 2 amide bonds. The van der Waals surface area contributed by atoms with Gasteiger partial charge >= 0.3 is 6.03 Å². The van der Waals surface area contributed by atoms with Crippen molar-refractivity contribution >= 4 is 13.5 Å². The molecule has 0 spiro atoms. The molecule has 0 aliphatic carbocycles. The average Bonchev–Trinajstić information content (AvgIpc) is 1.60. The molecule has 9 heavy (non-hydrogen) atoms. The summed E-state index contributed by atoms with van der Waals surface area (Å²) in [5, 5.41) is 2.24. The van der Waals surface area contributed by atoms with Crippen LogP contribution in [-0.2, 0) is 0 Å². The third-order valence-electron chi connectivity index (χ3n) is 0.752. The van der Waals surface area contributed by atoms with Crippen LogP contribution in [0.4, 0.5) is 4.79 Å². The maximum absolute atomic E-state index is 10.3. The molecule has 1 rings (SSSR count). The molecule has 1 aliphatic rings. The van der Waals surface area contributed by atoms with Crippen molar-refractivity contribution in [2.75, 3.05) is 0 Å². The number of rotatable bonds is 0. The number of hydrogen-bond donors (Lipinski definition) is 3. The van der Waals surface area contributed by atoms with Crippen LogP contribution in [0.3, 0.4) is 0 Å². The molecule has 0 bridgehead atoms. The molecule has 1 heterocycles. The molecule has 0 aromatic carbocycles. The topological polar surface area (TPSA) is 87.7 Å². The van der Waals surface area contributed by atoms with Crippen LogP contribution < -0.4 is 10.8 Å². The SMILES string of the molecule is NP1(O)=NC(=O)NC=C1. The average molecular weight is 147 g/mol. The van der Waals surface area contributed by atoms with Gasteiger partial charge in [-0.05, 0) is 0 Å². The highest BCUT2D eigenvalue weighted by Gasteiger charge is 2.10. The lowest BCUT2D eigenvalue weighted by molar-refractivity contribution is 0.252. The summed E-state index contributed by atoms with van der Waals surface area (Å²) in [7, 11) is -2.86. The van der Waals surface area contributed by atoms with Crippen molar-refractivity contribution in [3.8, 4) is 0 Å². The summed E-state index contributed by atoms with van der Waals surface area (Å²) in [4.78, 5) is 19.3. The van der Waals surface area contributed by atoms with Crippen LogP contribution >= 0.6 is 7.43 Å². The molecule has 50 valence electrons. The van der Waals surface area contributed by atoms with Crippen LogP contribution in [0.15, 0.2) is 16.8 Å². The van der Waals surface area contributed by atoms with Gasteiger partial charge in [0.1, 0.15) is 0 Å². The number of carbonyl (C=O) groups excluding carboxylic acids is 1. The van der Waals surface area contributed by atoms with E-state index in [1.165, 1.54) is 12.0 Å². The molecule has 0 radical (unpaired) electrons. The fraction of sp³-hybridized carbons (Fsp3) is 0. The second-order valence-corrected chi connectivity index (χ2v) is 3.46. The third kappa shape index (κ3) is 1.64. The van der Waals surface area contributed by atoms with Crippen LogP contribution in [0.2, 0.25) is 0 Å². The molecule has 0 fully saturated rings. The van der Waals surface area contributed by atoms with E-state index in [0.29, 0.717) is 0 Å². The van der Waals surface area contributed by atoms with E-state index in [9.17, 15) is 4.79 Å². The minimum Gasteiger partial charge on any atom is -0.345 e. The first-order valence-corrected chi connectivity index (χ1v) is 4.05. The number of carbonyl (C=O) groups is 1. The Hall–Kier alpha value is -0.640. The largest absolute Gasteiger partial charge is 0.347 e. The normalized spacial score (nSPS) is 33.3. The molecule has 0 aromatic rings. The van der Waals surface area contributed by atoms with Gasteiger partial charge in [0.25, 0.3) is 0 Å². The number of urea groups is 1. The van der Waals surface area contributed by atoms with Crippen molar-refractivity contribution < 1.29 is 9.69 Å². The molecule has 4 N–H and O–H groups in total. The number of nitrogens with two attached hydrogens (primary N) is 1. The van der Waals surface area contributed by atoms with Crippen LogP contribution in [0.25, 0.3) is 0 Å². The molecular formula is C3H6N3O2P. The highest BCUT2D eigenvalue weighted by Crippen LogP contribution is 2.37. The van der Waals surface area contributed by atoms with Gasteiger partial charge in [-0.2, -0.15) is 4.74 Å². The van der Waals surface area contributed by atoms with Gasteiger partial charge in [-0.3, -0.25) is 5.50 Å². The van der Waals surface area contributed by atoms with Crippen molar-refractivity contribution in [3.63, 3.8) is 0 Å². The fourth-order valence-corrected chi connectivity index (χ4v) is 1.14. The molecule has 0 saturated heterocycles. The highest BCUT2D eigenvalue weighted by molar-refractivity contribution is 7.61. The number of nitrogens with zero attached hydrogens (tertiary/aromatic N) is 1. The number of amides is 2. The first kappa shape index (κ1) is 6.48. The summed E-state index contributed by atoms with van der Waals surface area (Å²) < 4.78 is 3.22. The van der Waals surface area contributed by atoms with E-state index < -0.39 is 13.5 Å². The Morgan fingerprint density at radius 2 is 2.56 bits per heavy atom. The lowest BCUT2D eigenvalue weighted by atomic mass is 10.9. The third-order valence-corrected chi connectivity index (χ3v) is 1.84. The lowest BCUT2D eigenvalue weighted by Gasteiger charge is -2.09. The van der Waals surface area contributed by atoms with E-state index in [0.717, 1.165) is 0 Å². The predicted octanol–water partition coefficient (Wildman–Crippen LogP) is 0.163. The van der Waals surface area contributed by atoms with Gasteiger partial charge in [0, 0.05) is 12.0 Å². The predicted molar refractivity (Wildman–Crippen MR) is 33.4 cm³/mol. The number of nitrogens with one attached hydrogen (secondary N) is 1. The van der Waals surface area contributed by atoms with E-state index in [2.05, 4.69) is 10.1 Å². The zero-order chi connectivity index (χ0) is 6.91. The lowest BCUT2D eigenvalue weighted by Crippen LogP contribution is -2.16. The van der Waals surface area contributed by atoms with Gasteiger partial charge in [0.05, 0.1) is 0 Å².